The summed E-state index contributed by atoms with van der Waals surface area (Å²) in [4.78, 5) is 37.8. The molecule has 0 spiro atoms. The molecule has 0 unspecified atom stereocenters. The SMILES string of the molecule is C=CC(=O)Nc1cccc(-c2c(CC(N)=O)ccc3cnc(Nc4ccc(N5CCN(C)CC5)cc4Cl)nc23)c1. The van der Waals surface area contributed by atoms with E-state index < -0.39 is 5.91 Å². The number of piperazine rings is 1. The third kappa shape index (κ3) is 6.06. The number of carbonyl (C=O) groups is 2. The maximum atomic E-state index is 11.9. The van der Waals surface area contributed by atoms with E-state index in [2.05, 4.69) is 39.0 Å². The molecule has 0 atom stereocenters. The third-order valence-electron chi connectivity index (χ3n) is 6.88. The van der Waals surface area contributed by atoms with Crippen molar-refractivity contribution < 1.29 is 9.59 Å². The molecule has 3 aromatic carbocycles. The van der Waals surface area contributed by atoms with Crippen LogP contribution in [-0.4, -0.2) is 59.9 Å². The van der Waals surface area contributed by atoms with Crippen molar-refractivity contribution in [1.29, 1.82) is 0 Å². The summed E-state index contributed by atoms with van der Waals surface area (Å²) in [6.07, 6.45) is 2.95. The molecule has 4 N–H and O–H groups in total. The van der Waals surface area contributed by atoms with Crippen LogP contribution in [0.15, 0.2) is 73.4 Å². The van der Waals surface area contributed by atoms with Gasteiger partial charge in [0.25, 0.3) is 0 Å². The van der Waals surface area contributed by atoms with Gasteiger partial charge in [-0.1, -0.05) is 42.4 Å². The summed E-state index contributed by atoms with van der Waals surface area (Å²) in [5, 5.41) is 7.37. The molecule has 0 aliphatic carbocycles. The number of fused-ring (bicyclic) bond motifs is 1. The van der Waals surface area contributed by atoms with Crippen LogP contribution in [0, 0.1) is 0 Å². The van der Waals surface area contributed by atoms with Gasteiger partial charge in [-0.2, -0.15) is 0 Å². The number of aromatic nitrogens is 2. The van der Waals surface area contributed by atoms with Crippen LogP contribution in [0.4, 0.5) is 23.0 Å². The number of nitrogens with two attached hydrogens (primary N) is 1. The maximum absolute atomic E-state index is 11.9. The minimum Gasteiger partial charge on any atom is -0.369 e. The molecule has 5 rings (SSSR count). The average molecular weight is 556 g/mol. The number of benzene rings is 3. The molecule has 9 nitrogen and oxygen atoms in total. The molecule has 2 heterocycles. The normalized spacial score (nSPS) is 13.7. The lowest BCUT2D eigenvalue weighted by molar-refractivity contribution is -0.117. The van der Waals surface area contributed by atoms with Gasteiger partial charge in [-0.25, -0.2) is 9.97 Å². The number of likely N-dealkylation sites (N-methyl/N-ethyl adjacent to an activating group) is 1. The van der Waals surface area contributed by atoms with E-state index in [0.717, 1.165) is 48.4 Å². The van der Waals surface area contributed by atoms with E-state index in [4.69, 9.17) is 22.3 Å². The Balaban J connectivity index is 1.51. The summed E-state index contributed by atoms with van der Waals surface area (Å²) >= 11 is 6.68. The molecule has 1 aliphatic heterocycles. The zero-order valence-corrected chi connectivity index (χ0v) is 22.9. The minimum atomic E-state index is -0.462. The zero-order valence-electron chi connectivity index (χ0n) is 22.2. The van der Waals surface area contributed by atoms with Crippen molar-refractivity contribution in [2.45, 2.75) is 6.42 Å². The fraction of sp³-hybridized carbons (Fsp3) is 0.200. The maximum Gasteiger partial charge on any atom is 0.247 e. The van der Waals surface area contributed by atoms with Gasteiger partial charge in [-0.3, -0.25) is 9.59 Å². The summed E-state index contributed by atoms with van der Waals surface area (Å²) < 4.78 is 0. The second-order valence-corrected chi connectivity index (χ2v) is 10.1. The molecule has 204 valence electrons. The molecule has 2 amide bonds. The van der Waals surface area contributed by atoms with Gasteiger partial charge in [0, 0.05) is 54.7 Å². The van der Waals surface area contributed by atoms with Crippen LogP contribution < -0.4 is 21.3 Å². The van der Waals surface area contributed by atoms with Crippen LogP contribution >= 0.6 is 11.6 Å². The Hall–Kier alpha value is -4.47. The van der Waals surface area contributed by atoms with Crippen molar-refractivity contribution in [3.63, 3.8) is 0 Å². The summed E-state index contributed by atoms with van der Waals surface area (Å²) in [6.45, 7) is 7.41. The number of halogens is 1. The topological polar surface area (TPSA) is 116 Å². The second kappa shape index (κ2) is 11.7. The number of rotatable bonds is 8. The highest BCUT2D eigenvalue weighted by atomic mass is 35.5. The lowest BCUT2D eigenvalue weighted by Crippen LogP contribution is -2.44. The molecular formula is C30H30ClN7O2. The van der Waals surface area contributed by atoms with Gasteiger partial charge >= 0.3 is 0 Å². The predicted octanol–water partition coefficient (Wildman–Crippen LogP) is 4.60. The van der Waals surface area contributed by atoms with E-state index in [0.29, 0.717) is 33.4 Å². The Labute approximate surface area is 237 Å². The van der Waals surface area contributed by atoms with Crippen LogP contribution in [0.5, 0.6) is 0 Å². The van der Waals surface area contributed by atoms with E-state index in [9.17, 15) is 9.59 Å². The molecule has 0 saturated carbocycles. The van der Waals surface area contributed by atoms with E-state index in [-0.39, 0.29) is 12.3 Å². The van der Waals surface area contributed by atoms with Crippen molar-refractivity contribution in [1.82, 2.24) is 14.9 Å². The van der Waals surface area contributed by atoms with Crippen molar-refractivity contribution in [3.05, 3.63) is 84.0 Å². The van der Waals surface area contributed by atoms with Crippen molar-refractivity contribution >= 4 is 57.3 Å². The van der Waals surface area contributed by atoms with Crippen LogP contribution in [0.2, 0.25) is 5.02 Å². The standard InChI is InChI=1S/C30H30ClN7O2/c1-3-27(40)34-22-6-4-5-19(15-22)28-20(16-26(32)39)7-8-21-18-33-30(36-29(21)28)35-25-10-9-23(17-24(25)31)38-13-11-37(2)12-14-38/h3-10,15,17-18H,1,11-14,16H2,2H3,(H2,32,39)(H,34,40)(H,33,35,36). The highest BCUT2D eigenvalue weighted by Crippen LogP contribution is 2.35. The zero-order chi connectivity index (χ0) is 28.2. The van der Waals surface area contributed by atoms with Crippen LogP contribution in [0.1, 0.15) is 5.56 Å². The monoisotopic (exact) mass is 555 g/mol. The van der Waals surface area contributed by atoms with Crippen LogP contribution in [0.25, 0.3) is 22.0 Å². The first kappa shape index (κ1) is 27.1. The number of anilines is 4. The summed E-state index contributed by atoms with van der Waals surface area (Å²) in [5.74, 6) is -0.427. The Bertz CT molecular complexity index is 1600. The first-order valence-electron chi connectivity index (χ1n) is 12.9. The van der Waals surface area contributed by atoms with Crippen molar-refractivity contribution in [3.8, 4) is 11.1 Å². The fourth-order valence-corrected chi connectivity index (χ4v) is 5.01. The highest BCUT2D eigenvalue weighted by Gasteiger charge is 2.17. The van der Waals surface area contributed by atoms with Gasteiger partial charge < -0.3 is 26.2 Å². The molecule has 1 fully saturated rings. The van der Waals surface area contributed by atoms with Gasteiger partial charge in [0.2, 0.25) is 17.8 Å². The van der Waals surface area contributed by atoms with Crippen molar-refractivity contribution in [2.75, 3.05) is 48.8 Å². The number of carbonyl (C=O) groups excluding carboxylic acids is 2. The lowest BCUT2D eigenvalue weighted by atomic mass is 9.94. The molecular weight excluding hydrogens is 526 g/mol. The fourth-order valence-electron chi connectivity index (χ4n) is 4.79. The lowest BCUT2D eigenvalue weighted by Gasteiger charge is -2.34. The molecule has 1 aromatic heterocycles. The summed E-state index contributed by atoms with van der Waals surface area (Å²) in [5.41, 5.74) is 10.8. The van der Waals surface area contributed by atoms with Gasteiger partial charge in [0.1, 0.15) is 0 Å². The number of hydrogen-bond donors (Lipinski definition) is 3. The van der Waals surface area contributed by atoms with E-state index >= 15 is 0 Å². The number of hydrogen-bond acceptors (Lipinski definition) is 7. The minimum absolute atomic E-state index is 0.0286. The van der Waals surface area contributed by atoms with Gasteiger partial charge in [0.15, 0.2) is 0 Å². The van der Waals surface area contributed by atoms with E-state index in [1.54, 1.807) is 12.3 Å². The number of nitrogens with one attached hydrogen (secondary N) is 2. The third-order valence-corrected chi connectivity index (χ3v) is 7.19. The molecule has 10 heteroatoms. The molecule has 4 aromatic rings. The number of nitrogens with zero attached hydrogens (tertiary/aromatic N) is 4. The van der Waals surface area contributed by atoms with Gasteiger partial charge in [-0.15, -0.1) is 0 Å². The summed E-state index contributed by atoms with van der Waals surface area (Å²) in [6, 6.07) is 17.0. The average Bonchev–Trinajstić information content (AvgIpc) is 2.94. The number of amides is 2. The van der Waals surface area contributed by atoms with Crippen molar-refractivity contribution in [2.24, 2.45) is 5.73 Å². The molecule has 0 bridgehead atoms. The smallest absolute Gasteiger partial charge is 0.247 e. The highest BCUT2D eigenvalue weighted by molar-refractivity contribution is 6.33. The first-order chi connectivity index (χ1) is 19.3. The number of primary amides is 1. The Morgan fingerprint density at radius 1 is 1.10 bits per heavy atom. The van der Waals surface area contributed by atoms with Gasteiger partial charge in [-0.05, 0) is 54.6 Å². The molecule has 1 saturated heterocycles. The molecule has 1 aliphatic rings. The molecule has 0 radical (unpaired) electrons. The summed E-state index contributed by atoms with van der Waals surface area (Å²) in [7, 11) is 2.13. The Morgan fingerprint density at radius 2 is 1.90 bits per heavy atom. The van der Waals surface area contributed by atoms with Crippen LogP contribution in [-0.2, 0) is 16.0 Å². The largest absolute Gasteiger partial charge is 0.369 e. The van der Waals surface area contributed by atoms with E-state index in [1.165, 1.54) is 6.08 Å². The molecule has 40 heavy (non-hydrogen) atoms. The second-order valence-electron chi connectivity index (χ2n) is 9.73. The Morgan fingerprint density at radius 3 is 2.62 bits per heavy atom. The quantitative estimate of drug-likeness (QED) is 0.272. The van der Waals surface area contributed by atoms with E-state index in [1.807, 2.05) is 48.5 Å². The predicted molar refractivity (Wildman–Crippen MR) is 161 cm³/mol. The first-order valence-corrected chi connectivity index (χ1v) is 13.3. The van der Waals surface area contributed by atoms with Gasteiger partial charge in [0.05, 0.1) is 22.6 Å². The Kier molecular flexibility index (Phi) is 7.95. The van der Waals surface area contributed by atoms with Crippen LogP contribution in [0.3, 0.4) is 0 Å².